The van der Waals surface area contributed by atoms with Crippen molar-refractivity contribution in [2.45, 2.75) is 25.3 Å². The highest BCUT2D eigenvalue weighted by atomic mass is 35.5. The summed E-state index contributed by atoms with van der Waals surface area (Å²) in [5, 5.41) is 4.62. The fourth-order valence-corrected chi connectivity index (χ4v) is 2.64. The van der Waals surface area contributed by atoms with Crippen LogP contribution < -0.4 is 5.32 Å². The second kappa shape index (κ2) is 5.94. The average molecular weight is 273 g/mol. The number of piperidine rings is 1. The molecule has 2 nitrogen and oxygen atoms in total. The first-order valence-electron chi connectivity index (χ1n) is 6.06. The molecule has 0 amide bonds. The number of likely N-dealkylation sites (N-methyl/N-ethyl adjacent to an activating group) is 1. The van der Waals surface area contributed by atoms with Crippen molar-refractivity contribution >= 4 is 28.9 Å². The Morgan fingerprint density at radius 1 is 1.35 bits per heavy atom. The predicted molar refractivity (Wildman–Crippen MR) is 75.2 cm³/mol. The molecule has 1 aromatic rings. The molecule has 1 fully saturated rings. The molecular formula is C13H18Cl2N2. The summed E-state index contributed by atoms with van der Waals surface area (Å²) >= 11 is 12.1. The van der Waals surface area contributed by atoms with E-state index in [0.29, 0.717) is 16.1 Å². The zero-order valence-corrected chi connectivity index (χ0v) is 11.6. The molecule has 0 radical (unpaired) electrons. The topological polar surface area (TPSA) is 15.3 Å². The Kier molecular flexibility index (Phi) is 4.55. The average Bonchev–Trinajstić information content (AvgIpc) is 2.33. The molecule has 2 rings (SSSR count). The van der Waals surface area contributed by atoms with Crippen LogP contribution in [-0.4, -0.2) is 31.1 Å². The van der Waals surface area contributed by atoms with Crippen molar-refractivity contribution in [3.63, 3.8) is 0 Å². The van der Waals surface area contributed by atoms with Crippen LogP contribution in [-0.2, 0) is 0 Å². The van der Waals surface area contributed by atoms with Crippen molar-refractivity contribution in [2.75, 3.05) is 25.5 Å². The Morgan fingerprint density at radius 3 is 2.94 bits per heavy atom. The first-order valence-corrected chi connectivity index (χ1v) is 6.82. The third kappa shape index (κ3) is 3.27. The van der Waals surface area contributed by atoms with Gasteiger partial charge < -0.3 is 10.2 Å². The highest BCUT2D eigenvalue weighted by molar-refractivity contribution is 6.43. The third-order valence-electron chi connectivity index (χ3n) is 3.40. The molecule has 1 aliphatic heterocycles. The Labute approximate surface area is 113 Å². The maximum Gasteiger partial charge on any atom is 0.0823 e. The quantitative estimate of drug-likeness (QED) is 0.898. The van der Waals surface area contributed by atoms with Gasteiger partial charge in [-0.25, -0.2) is 0 Å². The number of likely N-dealkylation sites (tertiary alicyclic amines) is 1. The van der Waals surface area contributed by atoms with Gasteiger partial charge in [-0.2, -0.15) is 0 Å². The highest BCUT2D eigenvalue weighted by Gasteiger charge is 2.18. The second-order valence-corrected chi connectivity index (χ2v) is 5.40. The molecule has 0 saturated carbocycles. The normalized spacial score (nSPS) is 21.5. The first-order chi connectivity index (χ1) is 8.18. The molecular weight excluding hydrogens is 255 g/mol. The number of hydrogen-bond acceptors (Lipinski definition) is 2. The van der Waals surface area contributed by atoms with Gasteiger partial charge in [0.2, 0.25) is 0 Å². The minimum Gasteiger partial charge on any atom is -0.382 e. The molecule has 1 atom stereocenters. The number of hydrogen-bond donors (Lipinski definition) is 1. The van der Waals surface area contributed by atoms with Crippen molar-refractivity contribution in [3.8, 4) is 0 Å². The number of anilines is 1. The molecule has 1 saturated heterocycles. The van der Waals surface area contributed by atoms with E-state index in [1.54, 1.807) is 0 Å². The third-order valence-corrected chi connectivity index (χ3v) is 4.22. The second-order valence-electron chi connectivity index (χ2n) is 4.61. The summed E-state index contributed by atoms with van der Waals surface area (Å²) in [6, 6.07) is 6.29. The summed E-state index contributed by atoms with van der Waals surface area (Å²) in [5.74, 6) is 0. The molecule has 94 valence electrons. The Bertz CT molecular complexity index is 382. The van der Waals surface area contributed by atoms with Gasteiger partial charge in [0.15, 0.2) is 0 Å². The minimum atomic E-state index is 0.596. The Morgan fingerprint density at radius 2 is 2.18 bits per heavy atom. The summed E-state index contributed by atoms with van der Waals surface area (Å²) in [5.41, 5.74) is 0.929. The monoisotopic (exact) mass is 272 g/mol. The highest BCUT2D eigenvalue weighted by Crippen LogP contribution is 2.29. The van der Waals surface area contributed by atoms with Gasteiger partial charge in [-0.15, -0.1) is 0 Å². The number of nitrogens with one attached hydrogen (secondary N) is 1. The standard InChI is InChI=1S/C13H18Cl2N2/c1-17-8-3-2-5-10(17)9-16-12-7-4-6-11(14)13(12)15/h4,6-7,10,16H,2-3,5,8-9H2,1H3. The number of rotatable bonds is 3. The van der Waals surface area contributed by atoms with E-state index in [1.807, 2.05) is 18.2 Å². The lowest BCUT2D eigenvalue weighted by Gasteiger charge is -2.32. The number of benzene rings is 1. The number of halogens is 2. The zero-order valence-electron chi connectivity index (χ0n) is 10.0. The zero-order chi connectivity index (χ0) is 12.3. The van der Waals surface area contributed by atoms with E-state index in [0.717, 1.165) is 12.2 Å². The summed E-state index contributed by atoms with van der Waals surface area (Å²) in [6.07, 6.45) is 3.88. The molecule has 1 heterocycles. The maximum absolute atomic E-state index is 6.14. The summed E-state index contributed by atoms with van der Waals surface area (Å²) in [6.45, 7) is 2.12. The van der Waals surface area contributed by atoms with Gasteiger partial charge in [-0.3, -0.25) is 0 Å². The van der Waals surface area contributed by atoms with Crippen LogP contribution in [0.5, 0.6) is 0 Å². The van der Waals surface area contributed by atoms with Crippen molar-refractivity contribution in [1.82, 2.24) is 4.90 Å². The number of nitrogens with zero attached hydrogens (tertiary/aromatic N) is 1. The van der Waals surface area contributed by atoms with Gasteiger partial charge in [-0.05, 0) is 38.6 Å². The van der Waals surface area contributed by atoms with Crippen LogP contribution >= 0.6 is 23.2 Å². The lowest BCUT2D eigenvalue weighted by Crippen LogP contribution is -2.40. The van der Waals surface area contributed by atoms with Gasteiger partial charge in [-0.1, -0.05) is 35.7 Å². The van der Waals surface area contributed by atoms with Crippen molar-refractivity contribution in [3.05, 3.63) is 28.2 Å². The molecule has 0 aliphatic carbocycles. The lowest BCUT2D eigenvalue weighted by molar-refractivity contribution is 0.194. The van der Waals surface area contributed by atoms with E-state index < -0.39 is 0 Å². The van der Waals surface area contributed by atoms with Crippen LogP contribution in [0.1, 0.15) is 19.3 Å². The van der Waals surface area contributed by atoms with Gasteiger partial charge in [0.25, 0.3) is 0 Å². The molecule has 4 heteroatoms. The van der Waals surface area contributed by atoms with Crippen LogP contribution in [0.2, 0.25) is 10.0 Å². The Hall–Kier alpha value is -0.440. The largest absolute Gasteiger partial charge is 0.382 e. The van der Waals surface area contributed by atoms with Crippen LogP contribution in [0.15, 0.2) is 18.2 Å². The SMILES string of the molecule is CN1CCCCC1CNc1cccc(Cl)c1Cl. The van der Waals surface area contributed by atoms with E-state index in [4.69, 9.17) is 23.2 Å². The van der Waals surface area contributed by atoms with Crippen LogP contribution in [0.25, 0.3) is 0 Å². The Balaban J connectivity index is 1.95. The van der Waals surface area contributed by atoms with E-state index >= 15 is 0 Å². The minimum absolute atomic E-state index is 0.596. The lowest BCUT2D eigenvalue weighted by atomic mass is 10.0. The van der Waals surface area contributed by atoms with E-state index in [9.17, 15) is 0 Å². The van der Waals surface area contributed by atoms with Crippen LogP contribution in [0.3, 0.4) is 0 Å². The molecule has 17 heavy (non-hydrogen) atoms. The van der Waals surface area contributed by atoms with Crippen LogP contribution in [0.4, 0.5) is 5.69 Å². The smallest absolute Gasteiger partial charge is 0.0823 e. The van der Waals surface area contributed by atoms with E-state index in [2.05, 4.69) is 17.3 Å². The van der Waals surface area contributed by atoms with Gasteiger partial charge >= 0.3 is 0 Å². The molecule has 1 unspecified atom stereocenters. The summed E-state index contributed by atoms with van der Waals surface area (Å²) in [7, 11) is 2.19. The summed E-state index contributed by atoms with van der Waals surface area (Å²) < 4.78 is 0. The summed E-state index contributed by atoms with van der Waals surface area (Å²) in [4.78, 5) is 2.41. The fourth-order valence-electron chi connectivity index (χ4n) is 2.27. The molecule has 1 aliphatic rings. The van der Waals surface area contributed by atoms with E-state index in [-0.39, 0.29) is 0 Å². The molecule has 0 spiro atoms. The van der Waals surface area contributed by atoms with Crippen molar-refractivity contribution in [1.29, 1.82) is 0 Å². The molecule has 0 aromatic heterocycles. The van der Waals surface area contributed by atoms with Crippen molar-refractivity contribution < 1.29 is 0 Å². The maximum atomic E-state index is 6.14. The van der Waals surface area contributed by atoms with Gasteiger partial charge in [0, 0.05) is 12.6 Å². The van der Waals surface area contributed by atoms with Crippen LogP contribution in [0, 0.1) is 0 Å². The fraction of sp³-hybridized carbons (Fsp3) is 0.538. The molecule has 1 N–H and O–H groups in total. The predicted octanol–water partition coefficient (Wildman–Crippen LogP) is 3.89. The molecule has 1 aromatic carbocycles. The van der Waals surface area contributed by atoms with Gasteiger partial charge in [0.1, 0.15) is 0 Å². The first kappa shape index (κ1) is 13.0. The van der Waals surface area contributed by atoms with Gasteiger partial charge in [0.05, 0.1) is 15.7 Å². The van der Waals surface area contributed by atoms with E-state index in [1.165, 1.54) is 25.8 Å². The molecule has 0 bridgehead atoms. The van der Waals surface area contributed by atoms with Crippen molar-refractivity contribution in [2.24, 2.45) is 0 Å².